The molecule has 27 heavy (non-hydrogen) atoms. The number of nitrogens with one attached hydrogen (secondary N) is 1. The van der Waals surface area contributed by atoms with Gasteiger partial charge in [-0.2, -0.15) is 0 Å². The van der Waals surface area contributed by atoms with Gasteiger partial charge in [-0.1, -0.05) is 30.3 Å². The summed E-state index contributed by atoms with van der Waals surface area (Å²) >= 11 is 0. The number of unbranched alkanes of at least 4 members (excludes halogenated alkanes) is 1. The second-order valence-corrected chi connectivity index (χ2v) is 8.40. The molecule has 5 nitrogen and oxygen atoms in total. The maximum absolute atomic E-state index is 12.4. The zero-order valence-electron chi connectivity index (χ0n) is 16.5. The molecule has 5 heteroatoms. The third kappa shape index (κ3) is 4.82. The minimum atomic E-state index is 0.128. The topological polar surface area (TPSA) is 38.8 Å². The highest BCUT2D eigenvalue weighted by atomic mass is 16.2. The summed E-state index contributed by atoms with van der Waals surface area (Å²) in [5, 5.41) is 3.12. The van der Waals surface area contributed by atoms with E-state index in [1.807, 2.05) is 4.90 Å². The summed E-state index contributed by atoms with van der Waals surface area (Å²) in [7, 11) is 0. The summed E-state index contributed by atoms with van der Waals surface area (Å²) in [5.41, 5.74) is 1.38. The van der Waals surface area contributed by atoms with Gasteiger partial charge in [0, 0.05) is 45.3 Å². The van der Waals surface area contributed by atoms with Gasteiger partial charge >= 0.3 is 6.03 Å². The first kappa shape index (κ1) is 18.8. The Balaban J connectivity index is 1.12. The van der Waals surface area contributed by atoms with E-state index in [2.05, 4.69) is 45.4 Å². The molecule has 0 saturated carbocycles. The van der Waals surface area contributed by atoms with Crippen LogP contribution in [-0.2, 0) is 6.42 Å². The molecule has 0 radical (unpaired) electrons. The van der Waals surface area contributed by atoms with Crippen LogP contribution in [0.4, 0.5) is 4.79 Å². The Hall–Kier alpha value is -1.59. The fourth-order valence-corrected chi connectivity index (χ4v) is 5.01. The fourth-order valence-electron chi connectivity index (χ4n) is 5.01. The van der Waals surface area contributed by atoms with Crippen LogP contribution in [-0.4, -0.2) is 79.1 Å². The molecule has 0 spiro atoms. The quantitative estimate of drug-likeness (QED) is 0.782. The van der Waals surface area contributed by atoms with E-state index in [1.165, 1.54) is 38.0 Å². The zero-order chi connectivity index (χ0) is 18.5. The van der Waals surface area contributed by atoms with Crippen molar-refractivity contribution in [2.45, 2.75) is 38.1 Å². The van der Waals surface area contributed by atoms with Crippen molar-refractivity contribution in [1.29, 1.82) is 0 Å². The van der Waals surface area contributed by atoms with Gasteiger partial charge in [-0.25, -0.2) is 4.79 Å². The average molecular weight is 371 g/mol. The summed E-state index contributed by atoms with van der Waals surface area (Å²) in [6.07, 6.45) is 6.00. The molecule has 148 valence electrons. The van der Waals surface area contributed by atoms with Gasteiger partial charge in [0.1, 0.15) is 0 Å². The first-order valence-corrected chi connectivity index (χ1v) is 10.8. The number of hydrogen-bond donors (Lipinski definition) is 1. The lowest BCUT2D eigenvalue weighted by atomic mass is 9.83. The predicted molar refractivity (Wildman–Crippen MR) is 109 cm³/mol. The molecule has 1 aromatic carbocycles. The van der Waals surface area contributed by atoms with E-state index in [0.717, 1.165) is 63.9 Å². The number of aryl methyl sites for hydroxylation is 1. The normalized spacial score (nSPS) is 28.3. The third-order valence-electron chi connectivity index (χ3n) is 6.70. The lowest BCUT2D eigenvalue weighted by Gasteiger charge is -2.50. The summed E-state index contributed by atoms with van der Waals surface area (Å²) in [5.74, 6) is 0.889. The number of carbonyl (C=O) groups is 1. The molecule has 4 aliphatic rings. The molecule has 4 fully saturated rings. The molecule has 2 amide bonds. The van der Waals surface area contributed by atoms with Crippen molar-refractivity contribution in [2.75, 3.05) is 52.4 Å². The van der Waals surface area contributed by atoms with E-state index < -0.39 is 0 Å². The number of amides is 2. The molecule has 0 aliphatic carbocycles. The van der Waals surface area contributed by atoms with Crippen molar-refractivity contribution >= 4 is 6.03 Å². The third-order valence-corrected chi connectivity index (χ3v) is 6.70. The summed E-state index contributed by atoms with van der Waals surface area (Å²) in [4.78, 5) is 19.7. The van der Waals surface area contributed by atoms with Gasteiger partial charge in [0.2, 0.25) is 0 Å². The number of benzene rings is 1. The van der Waals surface area contributed by atoms with Crippen LogP contribution >= 0.6 is 0 Å². The van der Waals surface area contributed by atoms with Crippen molar-refractivity contribution in [3.05, 3.63) is 35.9 Å². The molecule has 1 atom stereocenters. The largest absolute Gasteiger partial charge is 0.338 e. The number of fused-ring (bicyclic) bond motifs is 3. The predicted octanol–water partition coefficient (Wildman–Crippen LogP) is 2.43. The first-order valence-electron chi connectivity index (χ1n) is 10.8. The maximum atomic E-state index is 12.4. The minimum absolute atomic E-state index is 0.128. The van der Waals surface area contributed by atoms with Crippen LogP contribution < -0.4 is 5.32 Å². The number of rotatable bonds is 6. The molecule has 1 N–H and O–H groups in total. The summed E-state index contributed by atoms with van der Waals surface area (Å²) in [6, 6.07) is 11.4. The van der Waals surface area contributed by atoms with E-state index in [4.69, 9.17) is 0 Å². The molecule has 4 heterocycles. The van der Waals surface area contributed by atoms with Crippen molar-refractivity contribution in [2.24, 2.45) is 5.92 Å². The highest BCUT2D eigenvalue weighted by molar-refractivity contribution is 5.74. The Kier molecular flexibility index (Phi) is 6.30. The highest BCUT2D eigenvalue weighted by Crippen LogP contribution is 2.31. The Morgan fingerprint density at radius 2 is 1.70 bits per heavy atom. The van der Waals surface area contributed by atoms with Gasteiger partial charge in [0.05, 0.1) is 0 Å². The van der Waals surface area contributed by atoms with Crippen molar-refractivity contribution < 1.29 is 4.79 Å². The Morgan fingerprint density at radius 3 is 2.37 bits per heavy atom. The molecule has 1 unspecified atom stereocenters. The van der Waals surface area contributed by atoms with Crippen molar-refractivity contribution in [1.82, 2.24) is 20.0 Å². The van der Waals surface area contributed by atoms with Crippen LogP contribution in [0, 0.1) is 5.92 Å². The van der Waals surface area contributed by atoms with Gasteiger partial charge in [-0.3, -0.25) is 4.90 Å². The average Bonchev–Trinajstić information content (AvgIpc) is 2.75. The zero-order valence-corrected chi connectivity index (χ0v) is 16.5. The van der Waals surface area contributed by atoms with Gasteiger partial charge in [-0.05, 0) is 56.7 Å². The standard InChI is InChI=1S/C22H34N4O/c27-22(23-11-5-4-8-19-6-2-1-3-7-19)26-16-14-25(15-17-26)21-18-24-12-9-20(21)10-13-24/h1-3,6-7,20-21H,4-5,8-18H2,(H,23,27). The summed E-state index contributed by atoms with van der Waals surface area (Å²) < 4.78 is 0. The van der Waals surface area contributed by atoms with E-state index in [-0.39, 0.29) is 6.03 Å². The molecular formula is C22H34N4O. The lowest BCUT2D eigenvalue weighted by molar-refractivity contribution is -0.0103. The molecular weight excluding hydrogens is 336 g/mol. The van der Waals surface area contributed by atoms with Crippen molar-refractivity contribution in [3.8, 4) is 0 Å². The van der Waals surface area contributed by atoms with Gasteiger partial charge in [0.15, 0.2) is 0 Å². The van der Waals surface area contributed by atoms with E-state index >= 15 is 0 Å². The fraction of sp³-hybridized carbons (Fsp3) is 0.682. The van der Waals surface area contributed by atoms with E-state index in [1.54, 1.807) is 0 Å². The molecule has 0 aromatic heterocycles. The maximum Gasteiger partial charge on any atom is 0.317 e. The number of hydrogen-bond acceptors (Lipinski definition) is 3. The Bertz CT molecular complexity index is 592. The monoisotopic (exact) mass is 370 g/mol. The van der Waals surface area contributed by atoms with Crippen LogP contribution in [0.15, 0.2) is 30.3 Å². The lowest BCUT2D eigenvalue weighted by Crippen LogP contribution is -2.62. The molecule has 5 rings (SSSR count). The van der Waals surface area contributed by atoms with Crippen LogP contribution in [0.3, 0.4) is 0 Å². The smallest absolute Gasteiger partial charge is 0.317 e. The first-order chi connectivity index (χ1) is 13.3. The second-order valence-electron chi connectivity index (χ2n) is 8.40. The van der Waals surface area contributed by atoms with Crippen LogP contribution in [0.25, 0.3) is 0 Å². The highest BCUT2D eigenvalue weighted by Gasteiger charge is 2.38. The van der Waals surface area contributed by atoms with Crippen LogP contribution in [0.2, 0.25) is 0 Å². The second kappa shape index (κ2) is 9.07. The molecule has 4 saturated heterocycles. The molecule has 2 bridgehead atoms. The number of piperazine rings is 1. The SMILES string of the molecule is O=C(NCCCCc1ccccc1)N1CCN(C2CN3CCC2CC3)CC1. The van der Waals surface area contributed by atoms with Gasteiger partial charge in [-0.15, -0.1) is 0 Å². The number of piperidine rings is 3. The summed E-state index contributed by atoms with van der Waals surface area (Å²) in [6.45, 7) is 8.45. The van der Waals surface area contributed by atoms with Crippen LogP contribution in [0.5, 0.6) is 0 Å². The molecule has 1 aromatic rings. The van der Waals surface area contributed by atoms with Gasteiger partial charge < -0.3 is 15.1 Å². The minimum Gasteiger partial charge on any atom is -0.338 e. The number of urea groups is 1. The number of nitrogens with zero attached hydrogens (tertiary/aromatic N) is 3. The van der Waals surface area contributed by atoms with Crippen molar-refractivity contribution in [3.63, 3.8) is 0 Å². The Labute approximate surface area is 163 Å². The van der Waals surface area contributed by atoms with E-state index in [0.29, 0.717) is 0 Å². The van der Waals surface area contributed by atoms with E-state index in [9.17, 15) is 4.79 Å². The van der Waals surface area contributed by atoms with Gasteiger partial charge in [0.25, 0.3) is 0 Å². The van der Waals surface area contributed by atoms with Crippen LogP contribution in [0.1, 0.15) is 31.2 Å². The molecule has 4 aliphatic heterocycles. The number of carbonyl (C=O) groups excluding carboxylic acids is 1. The Morgan fingerprint density at radius 1 is 0.963 bits per heavy atom.